The van der Waals surface area contributed by atoms with Gasteiger partial charge < -0.3 is 15.4 Å². The number of piperidine rings is 1. The number of hydrogen-bond acceptors (Lipinski definition) is 6. The molecule has 0 unspecified atom stereocenters. The number of hydrogen-bond donors (Lipinski definition) is 1. The van der Waals surface area contributed by atoms with Crippen LogP contribution in [-0.4, -0.2) is 35.5 Å². The van der Waals surface area contributed by atoms with E-state index in [1.807, 2.05) is 4.90 Å². The van der Waals surface area contributed by atoms with E-state index < -0.39 is 12.2 Å². The van der Waals surface area contributed by atoms with Gasteiger partial charge in [-0.1, -0.05) is 30.3 Å². The molecule has 0 radical (unpaired) electrons. The summed E-state index contributed by atoms with van der Waals surface area (Å²) < 4.78 is 57.8. The fraction of sp³-hybridized carbons (Fsp3) is 0.222. The third kappa shape index (κ3) is 5.17. The summed E-state index contributed by atoms with van der Waals surface area (Å²) in [5, 5.41) is 9.65. The summed E-state index contributed by atoms with van der Waals surface area (Å²) in [6.45, 7) is 1.32. The number of benzene rings is 3. The van der Waals surface area contributed by atoms with Crippen molar-refractivity contribution in [3.8, 4) is 34.2 Å². The number of rotatable bonds is 4. The van der Waals surface area contributed by atoms with Crippen LogP contribution in [0.1, 0.15) is 18.4 Å². The van der Waals surface area contributed by atoms with E-state index >= 15 is 0 Å². The van der Waals surface area contributed by atoms with Crippen LogP contribution in [0.2, 0.25) is 0 Å². The van der Waals surface area contributed by atoms with E-state index in [0.29, 0.717) is 46.8 Å². The van der Waals surface area contributed by atoms with Gasteiger partial charge in [-0.25, -0.2) is 14.4 Å². The van der Waals surface area contributed by atoms with Crippen LogP contribution in [0.5, 0.6) is 5.75 Å². The summed E-state index contributed by atoms with van der Waals surface area (Å²) in [4.78, 5) is 11.5. The summed E-state index contributed by atoms with van der Waals surface area (Å²) in [5.41, 5.74) is 7.96. The molecule has 1 aliphatic heterocycles. The molecule has 0 amide bonds. The molecule has 6 nitrogen and oxygen atoms in total. The highest BCUT2D eigenvalue weighted by Gasteiger charge is 2.32. The molecule has 1 fully saturated rings. The number of nitriles is 1. The second-order valence-electron chi connectivity index (χ2n) is 8.78. The van der Waals surface area contributed by atoms with E-state index in [4.69, 9.17) is 21.0 Å². The molecule has 37 heavy (non-hydrogen) atoms. The largest absolute Gasteiger partial charge is 0.573 e. The highest BCUT2D eigenvalue weighted by atomic mass is 19.4. The first-order valence-electron chi connectivity index (χ1n) is 11.6. The van der Waals surface area contributed by atoms with E-state index in [1.54, 1.807) is 36.4 Å². The lowest BCUT2D eigenvalue weighted by molar-refractivity contribution is -0.274. The molecule has 10 heteroatoms. The third-order valence-corrected chi connectivity index (χ3v) is 6.29. The van der Waals surface area contributed by atoms with E-state index in [9.17, 15) is 17.6 Å². The zero-order valence-corrected chi connectivity index (χ0v) is 19.5. The van der Waals surface area contributed by atoms with E-state index in [2.05, 4.69) is 4.74 Å². The lowest BCUT2D eigenvalue weighted by Gasteiger charge is -2.30. The van der Waals surface area contributed by atoms with Crippen LogP contribution in [0.3, 0.4) is 0 Å². The second kappa shape index (κ2) is 9.67. The molecule has 0 bridgehead atoms. The molecule has 1 aromatic heterocycles. The van der Waals surface area contributed by atoms with Gasteiger partial charge in [0.25, 0.3) is 0 Å². The van der Waals surface area contributed by atoms with Gasteiger partial charge in [0, 0.05) is 35.6 Å². The molecule has 5 rings (SSSR count). The minimum atomic E-state index is -4.85. The topological polar surface area (TPSA) is 88.1 Å². The van der Waals surface area contributed by atoms with Gasteiger partial charge in [-0.15, -0.1) is 13.2 Å². The van der Waals surface area contributed by atoms with Crippen molar-refractivity contribution in [2.75, 3.05) is 18.0 Å². The Morgan fingerprint density at radius 3 is 2.41 bits per heavy atom. The molecule has 0 aliphatic carbocycles. The molecule has 2 heterocycles. The van der Waals surface area contributed by atoms with Gasteiger partial charge in [0.15, 0.2) is 0 Å². The van der Waals surface area contributed by atoms with E-state index in [-0.39, 0.29) is 22.9 Å². The van der Waals surface area contributed by atoms with Crippen LogP contribution < -0.4 is 15.4 Å². The summed E-state index contributed by atoms with van der Waals surface area (Å²) in [7, 11) is 0. The van der Waals surface area contributed by atoms with Crippen LogP contribution in [-0.2, 0) is 0 Å². The number of para-hydroxylation sites is 1. The maximum atomic E-state index is 14.6. The van der Waals surface area contributed by atoms with Crippen molar-refractivity contribution in [1.29, 1.82) is 5.26 Å². The van der Waals surface area contributed by atoms with Gasteiger partial charge in [-0.2, -0.15) is 5.26 Å². The summed E-state index contributed by atoms with van der Waals surface area (Å²) in [5.74, 6) is -0.590. The molecule has 1 saturated heterocycles. The van der Waals surface area contributed by atoms with E-state index in [1.165, 1.54) is 30.3 Å². The number of nitrogens with two attached hydrogens (primary N) is 1. The Labute approximate surface area is 209 Å². The molecule has 3 aromatic carbocycles. The molecular weight excluding hydrogens is 486 g/mol. The quantitative estimate of drug-likeness (QED) is 0.351. The van der Waals surface area contributed by atoms with Crippen LogP contribution in [0.4, 0.5) is 23.5 Å². The molecule has 2 N–H and O–H groups in total. The molecule has 0 saturated carbocycles. The molecular formula is C27H21F4N5O. The second-order valence-corrected chi connectivity index (χ2v) is 8.78. The van der Waals surface area contributed by atoms with Crippen molar-refractivity contribution in [2.45, 2.75) is 25.2 Å². The fourth-order valence-corrected chi connectivity index (χ4v) is 4.42. The summed E-state index contributed by atoms with van der Waals surface area (Å²) in [6, 6.07) is 16.9. The first-order chi connectivity index (χ1) is 17.7. The number of anilines is 1. The Kier molecular flexibility index (Phi) is 6.39. The maximum Gasteiger partial charge on any atom is 0.573 e. The number of fused-ring (bicyclic) bond motifs is 1. The van der Waals surface area contributed by atoms with Crippen LogP contribution in [0.25, 0.3) is 33.3 Å². The number of halogens is 4. The van der Waals surface area contributed by atoms with Crippen molar-refractivity contribution in [3.63, 3.8) is 0 Å². The average Bonchev–Trinajstić information content (AvgIpc) is 2.87. The minimum Gasteiger partial charge on any atom is -0.405 e. The first kappa shape index (κ1) is 24.5. The number of ether oxygens (including phenoxy) is 1. The number of nitrogens with zero attached hydrogens (tertiary/aromatic N) is 4. The van der Waals surface area contributed by atoms with Crippen LogP contribution in [0, 0.1) is 17.1 Å². The number of aromatic nitrogens is 2. The Morgan fingerprint density at radius 2 is 1.70 bits per heavy atom. The van der Waals surface area contributed by atoms with Crippen molar-refractivity contribution in [2.24, 2.45) is 5.73 Å². The molecule has 4 aromatic rings. The number of alkyl halides is 3. The SMILES string of the molecule is N#Cc1ccc(-c2nc(N3CCC(N)CC3)nc3ccc(-c4ccccc4OC(F)(F)F)cc23)cc1F. The standard InChI is InChI=1S/C27H21F4N5O/c28-22-14-17(5-6-18(22)15-32)25-21-13-16(20-3-1-2-4-24(20)37-27(29,30)31)7-8-23(21)34-26(35-25)36-11-9-19(33)10-12-36/h1-8,13-14,19H,9-12,33H2. The van der Waals surface area contributed by atoms with Crippen molar-refractivity contribution in [3.05, 3.63) is 72.0 Å². The van der Waals surface area contributed by atoms with Crippen molar-refractivity contribution >= 4 is 16.9 Å². The minimum absolute atomic E-state index is 0.102. The third-order valence-electron chi connectivity index (χ3n) is 6.29. The molecule has 0 spiro atoms. The lowest BCUT2D eigenvalue weighted by Crippen LogP contribution is -2.40. The molecule has 188 valence electrons. The van der Waals surface area contributed by atoms with Gasteiger partial charge in [-0.05, 0) is 48.7 Å². The highest BCUT2D eigenvalue weighted by molar-refractivity contribution is 5.96. The molecule has 1 aliphatic rings. The van der Waals surface area contributed by atoms with Crippen LogP contribution in [0.15, 0.2) is 60.7 Å². The average molecular weight is 507 g/mol. The first-order valence-corrected chi connectivity index (χ1v) is 11.6. The normalized spacial score (nSPS) is 14.5. The van der Waals surface area contributed by atoms with Gasteiger partial charge in [-0.3, -0.25) is 0 Å². The lowest BCUT2D eigenvalue weighted by atomic mass is 9.99. The zero-order valence-electron chi connectivity index (χ0n) is 19.5. The zero-order chi connectivity index (χ0) is 26.2. The van der Waals surface area contributed by atoms with E-state index in [0.717, 1.165) is 12.8 Å². The molecule has 0 atom stereocenters. The monoisotopic (exact) mass is 507 g/mol. The van der Waals surface area contributed by atoms with Gasteiger partial charge in [0.1, 0.15) is 17.6 Å². The van der Waals surface area contributed by atoms with Gasteiger partial charge in [0.05, 0.1) is 16.8 Å². The Bertz CT molecular complexity index is 1510. The van der Waals surface area contributed by atoms with Crippen LogP contribution >= 0.6 is 0 Å². The fourth-order valence-electron chi connectivity index (χ4n) is 4.42. The summed E-state index contributed by atoms with van der Waals surface area (Å²) in [6.07, 6.45) is -3.30. The van der Waals surface area contributed by atoms with Crippen molar-refractivity contribution in [1.82, 2.24) is 9.97 Å². The predicted molar refractivity (Wildman–Crippen MR) is 131 cm³/mol. The van der Waals surface area contributed by atoms with Gasteiger partial charge >= 0.3 is 6.36 Å². The Balaban J connectivity index is 1.68. The van der Waals surface area contributed by atoms with Crippen molar-refractivity contribution < 1.29 is 22.3 Å². The summed E-state index contributed by atoms with van der Waals surface area (Å²) >= 11 is 0. The Morgan fingerprint density at radius 1 is 0.973 bits per heavy atom. The van der Waals surface area contributed by atoms with Gasteiger partial charge in [0.2, 0.25) is 5.95 Å². The maximum absolute atomic E-state index is 14.6. The Hall–Kier alpha value is -4.23. The predicted octanol–water partition coefficient (Wildman–Crippen LogP) is 5.80. The smallest absolute Gasteiger partial charge is 0.405 e. The highest BCUT2D eigenvalue weighted by Crippen LogP contribution is 2.37.